The second-order valence-electron chi connectivity index (χ2n) is 5.65. The Kier molecular flexibility index (Phi) is 7.10. The first kappa shape index (κ1) is 17.1. The largest absolute Gasteiger partial charge is 0.384 e. The fourth-order valence-corrected chi connectivity index (χ4v) is 2.77. The van der Waals surface area contributed by atoms with E-state index < -0.39 is 5.60 Å². The molecule has 0 aromatic heterocycles. The van der Waals surface area contributed by atoms with Gasteiger partial charge in [0.25, 0.3) is 0 Å². The van der Waals surface area contributed by atoms with Crippen LogP contribution >= 0.6 is 11.8 Å². The smallest absolute Gasteiger partial charge is 0.230 e. The molecule has 1 amide bonds. The number of hydrogen-bond acceptors (Lipinski definition) is 3. The maximum Gasteiger partial charge on any atom is 0.230 e. The van der Waals surface area contributed by atoms with Crippen molar-refractivity contribution >= 4 is 17.7 Å². The molecule has 0 saturated carbocycles. The number of carbonyl (C=O) groups is 1. The Morgan fingerprint density at radius 3 is 2.60 bits per heavy atom. The Labute approximate surface area is 126 Å². The van der Waals surface area contributed by atoms with E-state index in [0.29, 0.717) is 11.7 Å². The molecule has 0 fully saturated rings. The van der Waals surface area contributed by atoms with Crippen LogP contribution in [0.5, 0.6) is 0 Å². The average molecular weight is 295 g/mol. The maximum absolute atomic E-state index is 11.7. The number of hydrogen-bond donors (Lipinski definition) is 2. The molecule has 1 atom stereocenters. The molecule has 0 spiro atoms. The fourth-order valence-electron chi connectivity index (χ4n) is 1.70. The number of carbonyl (C=O) groups excluding carboxylic acids is 1. The molecular weight excluding hydrogens is 270 g/mol. The molecule has 3 nitrogen and oxygen atoms in total. The van der Waals surface area contributed by atoms with E-state index in [9.17, 15) is 9.90 Å². The minimum atomic E-state index is -1.03. The monoisotopic (exact) mass is 295 g/mol. The molecule has 2 N–H and O–H groups in total. The standard InChI is InChI=1S/C16H25NO2S/c1-13(2)9-10-20-11-15(18)17-12-16(3,19)14-7-5-4-6-8-14/h4-8,13,19H,9-12H2,1-3H3,(H,17,18). The zero-order valence-electron chi connectivity index (χ0n) is 12.6. The SMILES string of the molecule is CC(C)CCSCC(=O)NCC(C)(O)c1ccccc1. The summed E-state index contributed by atoms with van der Waals surface area (Å²) in [5.74, 6) is 2.11. The number of rotatable bonds is 8. The lowest BCUT2D eigenvalue weighted by Gasteiger charge is -2.24. The summed E-state index contributed by atoms with van der Waals surface area (Å²) >= 11 is 1.64. The van der Waals surface area contributed by atoms with Crippen molar-refractivity contribution in [3.63, 3.8) is 0 Å². The van der Waals surface area contributed by atoms with E-state index >= 15 is 0 Å². The molecule has 1 unspecified atom stereocenters. The molecule has 20 heavy (non-hydrogen) atoms. The summed E-state index contributed by atoms with van der Waals surface area (Å²) in [5, 5.41) is 13.2. The Balaban J connectivity index is 2.30. The van der Waals surface area contributed by atoms with E-state index in [4.69, 9.17) is 0 Å². The summed E-state index contributed by atoms with van der Waals surface area (Å²) in [6.45, 7) is 6.31. The van der Waals surface area contributed by atoms with Crippen LogP contribution in [0.4, 0.5) is 0 Å². The van der Waals surface area contributed by atoms with Gasteiger partial charge in [0.1, 0.15) is 5.60 Å². The third kappa shape index (κ3) is 6.44. The quantitative estimate of drug-likeness (QED) is 0.725. The van der Waals surface area contributed by atoms with Crippen LogP contribution in [0.1, 0.15) is 32.8 Å². The Morgan fingerprint density at radius 1 is 1.35 bits per heavy atom. The van der Waals surface area contributed by atoms with Crippen LogP contribution in [0, 0.1) is 5.92 Å². The zero-order chi connectivity index (χ0) is 15.0. The molecule has 0 aliphatic carbocycles. The number of nitrogens with one attached hydrogen (secondary N) is 1. The third-order valence-corrected chi connectivity index (χ3v) is 4.09. The van der Waals surface area contributed by atoms with E-state index in [-0.39, 0.29) is 12.5 Å². The lowest BCUT2D eigenvalue weighted by atomic mass is 9.96. The summed E-state index contributed by atoms with van der Waals surface area (Å²) in [7, 11) is 0. The highest BCUT2D eigenvalue weighted by molar-refractivity contribution is 7.99. The minimum Gasteiger partial charge on any atom is -0.384 e. The van der Waals surface area contributed by atoms with Crippen LogP contribution in [0.25, 0.3) is 0 Å². The van der Waals surface area contributed by atoms with E-state index in [2.05, 4.69) is 19.2 Å². The fraction of sp³-hybridized carbons (Fsp3) is 0.562. The summed E-state index contributed by atoms with van der Waals surface area (Å²) in [5.41, 5.74) is -0.216. The molecule has 4 heteroatoms. The number of benzene rings is 1. The second-order valence-corrected chi connectivity index (χ2v) is 6.76. The van der Waals surface area contributed by atoms with Crippen LogP contribution in [-0.4, -0.2) is 29.1 Å². The van der Waals surface area contributed by atoms with Crippen molar-refractivity contribution < 1.29 is 9.90 Å². The average Bonchev–Trinajstić information content (AvgIpc) is 2.42. The number of aliphatic hydroxyl groups is 1. The van der Waals surface area contributed by atoms with Gasteiger partial charge in [-0.25, -0.2) is 0 Å². The summed E-state index contributed by atoms with van der Waals surface area (Å²) in [6, 6.07) is 9.40. The molecule has 0 radical (unpaired) electrons. The first-order chi connectivity index (χ1) is 9.42. The molecule has 0 bridgehead atoms. The molecule has 1 aromatic rings. The summed E-state index contributed by atoms with van der Waals surface area (Å²) in [6.07, 6.45) is 1.12. The highest BCUT2D eigenvalue weighted by atomic mass is 32.2. The highest BCUT2D eigenvalue weighted by Gasteiger charge is 2.23. The molecule has 0 aliphatic rings. The maximum atomic E-state index is 11.7. The molecular formula is C16H25NO2S. The Morgan fingerprint density at radius 2 is 2.00 bits per heavy atom. The van der Waals surface area contributed by atoms with Gasteiger partial charge < -0.3 is 10.4 Å². The summed E-state index contributed by atoms with van der Waals surface area (Å²) < 4.78 is 0. The van der Waals surface area contributed by atoms with Crippen molar-refractivity contribution in [2.75, 3.05) is 18.1 Å². The molecule has 112 valence electrons. The minimum absolute atomic E-state index is 0.0186. The van der Waals surface area contributed by atoms with Crippen molar-refractivity contribution in [2.24, 2.45) is 5.92 Å². The van der Waals surface area contributed by atoms with Gasteiger partial charge >= 0.3 is 0 Å². The second kappa shape index (κ2) is 8.32. The van der Waals surface area contributed by atoms with Crippen molar-refractivity contribution in [1.82, 2.24) is 5.32 Å². The highest BCUT2D eigenvalue weighted by Crippen LogP contribution is 2.19. The van der Waals surface area contributed by atoms with Crippen LogP contribution in [-0.2, 0) is 10.4 Å². The van der Waals surface area contributed by atoms with Crippen LogP contribution in [0.2, 0.25) is 0 Å². The van der Waals surface area contributed by atoms with Gasteiger partial charge in [0.2, 0.25) is 5.91 Å². The van der Waals surface area contributed by atoms with E-state index in [1.54, 1.807) is 18.7 Å². The van der Waals surface area contributed by atoms with Gasteiger partial charge in [-0.1, -0.05) is 44.2 Å². The zero-order valence-corrected chi connectivity index (χ0v) is 13.4. The first-order valence-electron chi connectivity index (χ1n) is 7.04. The molecule has 0 saturated heterocycles. The molecule has 0 aliphatic heterocycles. The van der Waals surface area contributed by atoms with Gasteiger partial charge in [0.15, 0.2) is 0 Å². The molecule has 1 rings (SSSR count). The van der Waals surface area contributed by atoms with Crippen molar-refractivity contribution in [2.45, 2.75) is 32.8 Å². The van der Waals surface area contributed by atoms with Gasteiger partial charge in [0, 0.05) is 0 Å². The van der Waals surface area contributed by atoms with Crippen LogP contribution in [0.3, 0.4) is 0 Å². The predicted octanol–water partition coefficient (Wildman–Crippen LogP) is 2.79. The lowest BCUT2D eigenvalue weighted by Crippen LogP contribution is -2.39. The lowest BCUT2D eigenvalue weighted by molar-refractivity contribution is -0.119. The first-order valence-corrected chi connectivity index (χ1v) is 8.19. The Hall–Kier alpha value is -1.00. The number of thioether (sulfide) groups is 1. The van der Waals surface area contributed by atoms with Gasteiger partial charge in [-0.05, 0) is 30.6 Å². The number of amides is 1. The van der Waals surface area contributed by atoms with Crippen LogP contribution in [0.15, 0.2) is 30.3 Å². The predicted molar refractivity (Wildman–Crippen MR) is 85.8 cm³/mol. The van der Waals surface area contributed by atoms with E-state index in [1.807, 2.05) is 30.3 Å². The van der Waals surface area contributed by atoms with Crippen LogP contribution < -0.4 is 5.32 Å². The Bertz CT molecular complexity index is 404. The van der Waals surface area contributed by atoms with Gasteiger partial charge in [-0.15, -0.1) is 0 Å². The molecule has 1 aromatic carbocycles. The van der Waals surface area contributed by atoms with Crippen molar-refractivity contribution in [1.29, 1.82) is 0 Å². The van der Waals surface area contributed by atoms with Gasteiger partial charge in [-0.3, -0.25) is 4.79 Å². The van der Waals surface area contributed by atoms with E-state index in [0.717, 1.165) is 17.7 Å². The summed E-state index contributed by atoms with van der Waals surface area (Å²) in [4.78, 5) is 11.7. The van der Waals surface area contributed by atoms with Crippen molar-refractivity contribution in [3.05, 3.63) is 35.9 Å². The van der Waals surface area contributed by atoms with E-state index in [1.165, 1.54) is 0 Å². The van der Waals surface area contributed by atoms with Crippen molar-refractivity contribution in [3.8, 4) is 0 Å². The van der Waals surface area contributed by atoms with Gasteiger partial charge in [0.05, 0.1) is 12.3 Å². The topological polar surface area (TPSA) is 49.3 Å². The third-order valence-electron chi connectivity index (χ3n) is 3.10. The molecule has 0 heterocycles. The normalized spacial score (nSPS) is 14.1. The van der Waals surface area contributed by atoms with Gasteiger partial charge in [-0.2, -0.15) is 11.8 Å².